The highest BCUT2D eigenvalue weighted by atomic mass is 14.9. The normalized spacial score (nSPS) is 28.3. The molecule has 0 radical (unpaired) electrons. The SMILES string of the molecule is CC1CCCC(NCc2ccc(C3CC3)cc2)C1. The molecular formula is C17H25N. The topological polar surface area (TPSA) is 12.0 Å². The maximum absolute atomic E-state index is 3.73. The smallest absolute Gasteiger partial charge is 0.0208 e. The monoisotopic (exact) mass is 243 g/mol. The van der Waals surface area contributed by atoms with Crippen LogP contribution < -0.4 is 5.32 Å². The molecule has 1 N–H and O–H groups in total. The first-order chi connectivity index (χ1) is 8.81. The molecule has 2 saturated carbocycles. The average Bonchev–Trinajstić information content (AvgIpc) is 3.21. The van der Waals surface area contributed by atoms with Crippen LogP contribution >= 0.6 is 0 Å². The molecule has 0 bridgehead atoms. The van der Waals surface area contributed by atoms with Crippen molar-refractivity contribution in [2.45, 2.75) is 64.0 Å². The van der Waals surface area contributed by atoms with Gasteiger partial charge in [-0.05, 0) is 48.6 Å². The predicted octanol–water partition coefficient (Wildman–Crippen LogP) is 4.23. The van der Waals surface area contributed by atoms with Crippen molar-refractivity contribution < 1.29 is 0 Å². The van der Waals surface area contributed by atoms with E-state index in [-0.39, 0.29) is 0 Å². The van der Waals surface area contributed by atoms with Crippen molar-refractivity contribution in [3.8, 4) is 0 Å². The summed E-state index contributed by atoms with van der Waals surface area (Å²) in [6.07, 6.45) is 8.35. The molecule has 3 rings (SSSR count). The van der Waals surface area contributed by atoms with Crippen LogP contribution in [0.3, 0.4) is 0 Å². The van der Waals surface area contributed by atoms with Gasteiger partial charge < -0.3 is 5.32 Å². The summed E-state index contributed by atoms with van der Waals surface area (Å²) < 4.78 is 0. The highest BCUT2D eigenvalue weighted by Crippen LogP contribution is 2.39. The van der Waals surface area contributed by atoms with Gasteiger partial charge in [-0.1, -0.05) is 44.0 Å². The summed E-state index contributed by atoms with van der Waals surface area (Å²) in [5.41, 5.74) is 2.99. The first-order valence-corrected chi connectivity index (χ1v) is 7.63. The molecular weight excluding hydrogens is 218 g/mol. The van der Waals surface area contributed by atoms with Crippen molar-refractivity contribution in [1.82, 2.24) is 5.32 Å². The van der Waals surface area contributed by atoms with Crippen molar-refractivity contribution in [2.24, 2.45) is 5.92 Å². The summed E-state index contributed by atoms with van der Waals surface area (Å²) in [6, 6.07) is 10.0. The molecule has 18 heavy (non-hydrogen) atoms. The van der Waals surface area contributed by atoms with Gasteiger partial charge in [0.05, 0.1) is 0 Å². The molecule has 0 spiro atoms. The molecule has 1 aromatic rings. The van der Waals surface area contributed by atoms with E-state index in [0.29, 0.717) is 0 Å². The molecule has 2 fully saturated rings. The number of nitrogens with one attached hydrogen (secondary N) is 1. The van der Waals surface area contributed by atoms with Crippen molar-refractivity contribution >= 4 is 0 Å². The molecule has 2 atom stereocenters. The van der Waals surface area contributed by atoms with Crippen molar-refractivity contribution in [2.75, 3.05) is 0 Å². The average molecular weight is 243 g/mol. The van der Waals surface area contributed by atoms with E-state index in [9.17, 15) is 0 Å². The number of benzene rings is 1. The Bertz CT molecular complexity index is 377. The minimum atomic E-state index is 0.747. The van der Waals surface area contributed by atoms with E-state index < -0.39 is 0 Å². The third-order valence-electron chi connectivity index (χ3n) is 4.56. The lowest BCUT2D eigenvalue weighted by Gasteiger charge is -2.27. The fourth-order valence-corrected chi connectivity index (χ4v) is 3.21. The van der Waals surface area contributed by atoms with Gasteiger partial charge in [-0.2, -0.15) is 0 Å². The summed E-state index contributed by atoms with van der Waals surface area (Å²) >= 11 is 0. The van der Waals surface area contributed by atoms with E-state index in [1.165, 1.54) is 44.1 Å². The lowest BCUT2D eigenvalue weighted by atomic mass is 9.87. The van der Waals surface area contributed by atoms with Gasteiger partial charge in [-0.3, -0.25) is 0 Å². The Balaban J connectivity index is 1.49. The molecule has 98 valence electrons. The van der Waals surface area contributed by atoms with E-state index in [0.717, 1.165) is 24.4 Å². The minimum Gasteiger partial charge on any atom is -0.310 e. The fourth-order valence-electron chi connectivity index (χ4n) is 3.21. The van der Waals surface area contributed by atoms with Gasteiger partial charge in [-0.25, -0.2) is 0 Å². The Morgan fingerprint density at radius 2 is 1.83 bits per heavy atom. The van der Waals surface area contributed by atoms with Crippen LogP contribution in [0.15, 0.2) is 24.3 Å². The molecule has 1 nitrogen and oxygen atoms in total. The quantitative estimate of drug-likeness (QED) is 0.834. The zero-order valence-corrected chi connectivity index (χ0v) is 11.5. The van der Waals surface area contributed by atoms with Crippen LogP contribution in [0.25, 0.3) is 0 Å². The molecule has 0 amide bonds. The van der Waals surface area contributed by atoms with Crippen LogP contribution in [0, 0.1) is 5.92 Å². The van der Waals surface area contributed by atoms with Crippen LogP contribution in [-0.2, 0) is 6.54 Å². The number of rotatable bonds is 4. The summed E-state index contributed by atoms with van der Waals surface area (Å²) in [5.74, 6) is 1.79. The summed E-state index contributed by atoms with van der Waals surface area (Å²) in [5, 5.41) is 3.73. The minimum absolute atomic E-state index is 0.747. The Labute approximate surface area is 111 Å². The van der Waals surface area contributed by atoms with Gasteiger partial charge in [0.1, 0.15) is 0 Å². The summed E-state index contributed by atoms with van der Waals surface area (Å²) in [6.45, 7) is 3.43. The van der Waals surface area contributed by atoms with Crippen LogP contribution in [0.1, 0.15) is 62.5 Å². The molecule has 1 aromatic carbocycles. The number of hydrogen-bond donors (Lipinski definition) is 1. The largest absolute Gasteiger partial charge is 0.310 e. The van der Waals surface area contributed by atoms with E-state index in [2.05, 4.69) is 36.5 Å². The van der Waals surface area contributed by atoms with Gasteiger partial charge in [0.2, 0.25) is 0 Å². The van der Waals surface area contributed by atoms with Crippen LogP contribution in [-0.4, -0.2) is 6.04 Å². The Morgan fingerprint density at radius 3 is 2.50 bits per heavy atom. The fraction of sp³-hybridized carbons (Fsp3) is 0.647. The van der Waals surface area contributed by atoms with Crippen LogP contribution in [0.5, 0.6) is 0 Å². The lowest BCUT2D eigenvalue weighted by molar-refractivity contribution is 0.300. The maximum atomic E-state index is 3.73. The second kappa shape index (κ2) is 5.44. The second-order valence-electron chi connectivity index (χ2n) is 6.37. The third kappa shape index (κ3) is 3.14. The lowest BCUT2D eigenvalue weighted by Crippen LogP contribution is -2.33. The second-order valence-corrected chi connectivity index (χ2v) is 6.37. The van der Waals surface area contributed by atoms with Crippen molar-refractivity contribution in [1.29, 1.82) is 0 Å². The molecule has 0 aliphatic heterocycles. The summed E-state index contributed by atoms with van der Waals surface area (Å²) in [4.78, 5) is 0. The molecule has 0 heterocycles. The summed E-state index contributed by atoms with van der Waals surface area (Å²) in [7, 11) is 0. The van der Waals surface area contributed by atoms with E-state index in [4.69, 9.17) is 0 Å². The molecule has 0 saturated heterocycles. The van der Waals surface area contributed by atoms with Gasteiger partial charge in [0.25, 0.3) is 0 Å². The van der Waals surface area contributed by atoms with Crippen molar-refractivity contribution in [3.63, 3.8) is 0 Å². The highest BCUT2D eigenvalue weighted by Gasteiger charge is 2.23. The van der Waals surface area contributed by atoms with Gasteiger partial charge in [0, 0.05) is 12.6 Å². The Hall–Kier alpha value is -0.820. The Kier molecular flexibility index (Phi) is 3.69. The van der Waals surface area contributed by atoms with Gasteiger partial charge in [-0.15, -0.1) is 0 Å². The predicted molar refractivity (Wildman–Crippen MR) is 76.7 cm³/mol. The zero-order chi connectivity index (χ0) is 12.4. The van der Waals surface area contributed by atoms with Gasteiger partial charge in [0.15, 0.2) is 0 Å². The molecule has 2 aliphatic rings. The molecule has 2 unspecified atom stereocenters. The maximum Gasteiger partial charge on any atom is 0.0208 e. The first kappa shape index (κ1) is 12.2. The van der Waals surface area contributed by atoms with Gasteiger partial charge >= 0.3 is 0 Å². The number of hydrogen-bond acceptors (Lipinski definition) is 1. The van der Waals surface area contributed by atoms with E-state index in [1.807, 2.05) is 0 Å². The zero-order valence-electron chi connectivity index (χ0n) is 11.5. The molecule has 2 aliphatic carbocycles. The highest BCUT2D eigenvalue weighted by molar-refractivity contribution is 5.28. The van der Waals surface area contributed by atoms with E-state index >= 15 is 0 Å². The van der Waals surface area contributed by atoms with Crippen molar-refractivity contribution in [3.05, 3.63) is 35.4 Å². The standard InChI is InChI=1S/C17H25N/c1-13-3-2-4-17(11-13)18-12-14-5-7-15(8-6-14)16-9-10-16/h5-8,13,16-18H,2-4,9-12H2,1H3. The first-order valence-electron chi connectivity index (χ1n) is 7.63. The molecule has 1 heteroatoms. The molecule has 0 aromatic heterocycles. The third-order valence-corrected chi connectivity index (χ3v) is 4.56. The van der Waals surface area contributed by atoms with E-state index in [1.54, 1.807) is 5.56 Å². The van der Waals surface area contributed by atoms with Crippen LogP contribution in [0.2, 0.25) is 0 Å². The van der Waals surface area contributed by atoms with Crippen LogP contribution in [0.4, 0.5) is 0 Å². The Morgan fingerprint density at radius 1 is 1.06 bits per heavy atom.